The van der Waals surface area contributed by atoms with Crippen LogP contribution in [0.1, 0.15) is 139 Å². The number of carbonyl (C=O) groups excluding carboxylic acids is 2. The summed E-state index contributed by atoms with van der Waals surface area (Å²) in [5.74, 6) is 3.11. The van der Waals surface area contributed by atoms with Crippen molar-refractivity contribution < 1.29 is 74.2 Å². The molecule has 7 aromatic carbocycles. The van der Waals surface area contributed by atoms with Gasteiger partial charge in [-0.2, -0.15) is 26.3 Å². The highest BCUT2D eigenvalue weighted by molar-refractivity contribution is 5.69. The van der Waals surface area contributed by atoms with Crippen LogP contribution in [0.3, 0.4) is 0 Å². The summed E-state index contributed by atoms with van der Waals surface area (Å²) in [6, 6.07) is 46.9. The first-order chi connectivity index (χ1) is 41.1. The van der Waals surface area contributed by atoms with Crippen molar-refractivity contribution in [1.82, 2.24) is 0 Å². The summed E-state index contributed by atoms with van der Waals surface area (Å²) < 4.78 is 119. The fraction of sp³-hybridized carbons (Fsp3) is 0.380. The average molecular weight is 1210 g/mol. The van der Waals surface area contributed by atoms with Crippen LogP contribution in [0.15, 0.2) is 170 Å². The zero-order chi connectivity index (χ0) is 63.9. The fourth-order valence-corrected chi connectivity index (χ4v) is 11.8. The molecule has 87 heavy (non-hydrogen) atoms. The van der Waals surface area contributed by atoms with Crippen LogP contribution >= 0.6 is 0 Å². The zero-order valence-electron chi connectivity index (χ0n) is 51.4. The van der Waals surface area contributed by atoms with E-state index in [0.29, 0.717) is 17.2 Å². The quantitative estimate of drug-likeness (QED) is 0.0385. The normalized spacial score (nSPS) is 13.5. The molecular formula is C71H80F6O10. The van der Waals surface area contributed by atoms with Gasteiger partial charge in [0.15, 0.2) is 0 Å². The Balaban J connectivity index is 0.000000222. The summed E-state index contributed by atoms with van der Waals surface area (Å²) in [6.07, 6.45) is -3.75. The summed E-state index contributed by atoms with van der Waals surface area (Å²) in [6.45, 7) is 15.0. The molecule has 10 nitrogen and oxygen atoms in total. The van der Waals surface area contributed by atoms with Gasteiger partial charge in [-0.1, -0.05) is 146 Å². The van der Waals surface area contributed by atoms with Crippen LogP contribution in [0.2, 0.25) is 0 Å². The fourth-order valence-electron chi connectivity index (χ4n) is 11.8. The number of hydrogen-bond donors (Lipinski definition) is 1. The Kier molecular flexibility index (Phi) is 22.8. The third-order valence-corrected chi connectivity index (χ3v) is 16.0. The molecule has 0 aromatic heterocycles. The van der Waals surface area contributed by atoms with Gasteiger partial charge in [0, 0.05) is 24.4 Å². The molecule has 1 N–H and O–H groups in total. The van der Waals surface area contributed by atoms with E-state index in [2.05, 4.69) is 77.9 Å². The lowest BCUT2D eigenvalue weighted by Crippen LogP contribution is -2.54. The third-order valence-electron chi connectivity index (χ3n) is 16.0. The van der Waals surface area contributed by atoms with Gasteiger partial charge >= 0.3 is 24.5 Å². The van der Waals surface area contributed by atoms with E-state index in [4.69, 9.17) is 33.2 Å². The van der Waals surface area contributed by atoms with Gasteiger partial charge in [0.25, 0.3) is 0 Å². The van der Waals surface area contributed by atoms with Crippen LogP contribution in [0, 0.1) is 5.41 Å². The summed E-state index contributed by atoms with van der Waals surface area (Å²) in [7, 11) is 5.87. The maximum absolute atomic E-state index is 13.8. The SMILES string of the molecule is CC(=O)Oc1ccc(C2(c3ccc(OC(=O)Oc4ccc(C(C)(C)CC(C)(C)C)cc4)cc3)CCCCC2)cc1.COc1ccc(C(C)(CCCO)c2ccc(OC)cc2)cc1.COc1ccc(C(c2ccc(OC)cc2)(C(F)(F)F)C(F)(F)F)cc1. The minimum absolute atomic E-state index is 0.0130. The number of aliphatic hydroxyl groups is 1. The lowest BCUT2D eigenvalue weighted by molar-refractivity contribution is -0.288. The highest BCUT2D eigenvalue weighted by Gasteiger charge is 2.72. The first kappa shape index (κ1) is 68.1. The number of halogens is 6. The van der Waals surface area contributed by atoms with Gasteiger partial charge in [-0.05, 0) is 167 Å². The van der Waals surface area contributed by atoms with Crippen molar-refractivity contribution in [2.24, 2.45) is 5.41 Å². The van der Waals surface area contributed by atoms with Crippen LogP contribution in [0.5, 0.6) is 40.2 Å². The van der Waals surface area contributed by atoms with Gasteiger partial charge in [0.1, 0.15) is 40.2 Å². The maximum atomic E-state index is 13.8. The Bertz CT molecular complexity index is 3140. The van der Waals surface area contributed by atoms with Crippen molar-refractivity contribution in [1.29, 1.82) is 0 Å². The van der Waals surface area contributed by atoms with E-state index in [1.165, 1.54) is 55.4 Å². The second-order valence-electron chi connectivity index (χ2n) is 23.7. The molecule has 0 aliphatic heterocycles. The van der Waals surface area contributed by atoms with E-state index in [1.54, 1.807) is 14.2 Å². The molecule has 0 amide bonds. The Labute approximate surface area is 507 Å². The Morgan fingerprint density at radius 3 is 1.06 bits per heavy atom. The molecule has 0 heterocycles. The molecule has 1 saturated carbocycles. The van der Waals surface area contributed by atoms with Gasteiger partial charge in [0.05, 0.1) is 28.4 Å². The topological polar surface area (TPSA) is 119 Å². The highest BCUT2D eigenvalue weighted by Crippen LogP contribution is 2.56. The Hall–Kier alpha value is -7.98. The number of rotatable bonds is 18. The molecule has 0 spiro atoms. The van der Waals surface area contributed by atoms with Gasteiger partial charge in [-0.3, -0.25) is 4.79 Å². The molecule has 0 bridgehead atoms. The van der Waals surface area contributed by atoms with Crippen LogP contribution in [-0.4, -0.2) is 64.6 Å². The Morgan fingerprint density at radius 2 is 0.747 bits per heavy atom. The third kappa shape index (κ3) is 17.0. The Morgan fingerprint density at radius 1 is 0.437 bits per heavy atom. The average Bonchev–Trinajstić information content (AvgIpc) is 0.754. The molecule has 8 rings (SSSR count). The molecule has 0 saturated heterocycles. The van der Waals surface area contributed by atoms with E-state index >= 15 is 0 Å². The number of benzene rings is 7. The van der Waals surface area contributed by atoms with Crippen LogP contribution in [0.25, 0.3) is 0 Å². The molecule has 16 heteroatoms. The zero-order valence-corrected chi connectivity index (χ0v) is 51.4. The first-order valence-corrected chi connectivity index (χ1v) is 28.8. The van der Waals surface area contributed by atoms with Crippen LogP contribution in [-0.2, 0) is 26.5 Å². The van der Waals surface area contributed by atoms with Crippen molar-refractivity contribution in [3.8, 4) is 40.2 Å². The molecule has 7 aromatic rings. The second-order valence-corrected chi connectivity index (χ2v) is 23.7. The van der Waals surface area contributed by atoms with Crippen molar-refractivity contribution in [3.05, 3.63) is 209 Å². The first-order valence-electron chi connectivity index (χ1n) is 28.8. The summed E-state index contributed by atoms with van der Waals surface area (Å²) in [5.41, 5.74) is -0.100. The molecular weight excluding hydrogens is 1130 g/mol. The minimum atomic E-state index is -5.62. The molecule has 1 aliphatic carbocycles. The monoisotopic (exact) mass is 1210 g/mol. The van der Waals surface area contributed by atoms with Gasteiger partial charge < -0.3 is 38.3 Å². The van der Waals surface area contributed by atoms with Crippen molar-refractivity contribution in [2.75, 3.05) is 35.0 Å². The maximum Gasteiger partial charge on any atom is 0.519 e. The molecule has 466 valence electrons. The summed E-state index contributed by atoms with van der Waals surface area (Å²) >= 11 is 0. The lowest BCUT2D eigenvalue weighted by atomic mass is 9.65. The number of esters is 1. The van der Waals surface area contributed by atoms with Crippen molar-refractivity contribution in [2.45, 2.75) is 134 Å². The molecule has 0 atom stereocenters. The molecule has 1 fully saturated rings. The second kappa shape index (κ2) is 29.1. The highest BCUT2D eigenvalue weighted by atomic mass is 19.4. The van der Waals surface area contributed by atoms with E-state index in [-0.39, 0.29) is 45.7 Å². The number of carbonyl (C=O) groups is 2. The predicted octanol–water partition coefficient (Wildman–Crippen LogP) is 18.1. The number of ether oxygens (including phenoxy) is 7. The van der Waals surface area contributed by atoms with E-state index in [1.807, 2.05) is 84.9 Å². The minimum Gasteiger partial charge on any atom is -0.497 e. The van der Waals surface area contributed by atoms with E-state index < -0.39 is 35.0 Å². The largest absolute Gasteiger partial charge is 0.519 e. The number of aliphatic hydroxyl groups excluding tert-OH is 1. The number of hydrogen-bond acceptors (Lipinski definition) is 10. The standard InChI is InChI=1S/C35H42O5.C19H24O3.C17H14F6O2/c1-25(36)38-29-18-12-27(13-19-29)35(22-8-7-9-23-35)28-14-20-31(21-15-28)40-32(37)39-30-16-10-26(11-17-30)34(5,6)24-33(2,3)4;1-19(13-4-14-20,15-5-9-17(21-2)10-6-15)16-7-11-18(22-3)12-8-16;1-24-13-7-3-11(4-8-13)15(16(18,19)20,17(21,22)23)12-5-9-14(25-2)10-6-12/h10-21H,7-9,22-24H2,1-6H3;5-12,20H,4,13-14H2,1-3H3;3-10H,1-2H3. The molecule has 1 aliphatic rings. The van der Waals surface area contributed by atoms with E-state index in [9.17, 15) is 41.0 Å². The van der Waals surface area contributed by atoms with Crippen LogP contribution in [0.4, 0.5) is 31.1 Å². The smallest absolute Gasteiger partial charge is 0.497 e. The predicted molar refractivity (Wildman–Crippen MR) is 326 cm³/mol. The van der Waals surface area contributed by atoms with Crippen molar-refractivity contribution >= 4 is 12.1 Å². The van der Waals surface area contributed by atoms with Crippen LogP contribution < -0.4 is 33.2 Å². The molecule has 0 unspecified atom stereocenters. The number of alkyl halides is 6. The summed E-state index contributed by atoms with van der Waals surface area (Å²) in [5, 5.41) is 9.25. The lowest BCUT2D eigenvalue weighted by Gasteiger charge is -2.38. The molecule has 0 radical (unpaired) electrons. The van der Waals surface area contributed by atoms with Gasteiger partial charge in [0.2, 0.25) is 5.41 Å². The van der Waals surface area contributed by atoms with E-state index in [0.717, 1.165) is 105 Å². The number of methoxy groups -OCH3 is 4. The summed E-state index contributed by atoms with van der Waals surface area (Å²) in [4.78, 5) is 23.9. The van der Waals surface area contributed by atoms with Gasteiger partial charge in [-0.15, -0.1) is 0 Å². The van der Waals surface area contributed by atoms with Gasteiger partial charge in [-0.25, -0.2) is 4.79 Å². The van der Waals surface area contributed by atoms with Crippen molar-refractivity contribution in [3.63, 3.8) is 0 Å².